The smallest absolute Gasteiger partial charge is 0.140 e. The average Bonchev–Trinajstić information content (AvgIpc) is 2.96. The Morgan fingerprint density at radius 1 is 0.462 bits per heavy atom. The van der Waals surface area contributed by atoms with E-state index in [1.165, 1.54) is 94.2 Å². The minimum Gasteiger partial charge on any atom is -0.206 e. The van der Waals surface area contributed by atoms with Crippen molar-refractivity contribution in [2.75, 3.05) is 0 Å². The summed E-state index contributed by atoms with van der Waals surface area (Å²) in [5, 5.41) is 0. The maximum Gasteiger partial charge on any atom is 0.140 e. The highest BCUT2D eigenvalue weighted by molar-refractivity contribution is 5.49. The van der Waals surface area contributed by atoms with Gasteiger partial charge in [0.2, 0.25) is 0 Å². The summed E-state index contributed by atoms with van der Waals surface area (Å²) in [4.78, 5) is 0. The minimum atomic E-state index is -0.330. The van der Waals surface area contributed by atoms with E-state index < -0.39 is 0 Å². The van der Waals surface area contributed by atoms with Gasteiger partial charge < -0.3 is 0 Å². The third-order valence-corrected chi connectivity index (χ3v) is 7.21. The van der Waals surface area contributed by atoms with Gasteiger partial charge in [0, 0.05) is 16.7 Å². The average molecular weight is 521 g/mol. The van der Waals surface area contributed by atoms with Gasteiger partial charge in [0.05, 0.1) is 5.56 Å². The van der Waals surface area contributed by atoms with Gasteiger partial charge >= 0.3 is 0 Å². The molecular formula is C38H45F. The van der Waals surface area contributed by atoms with Gasteiger partial charge in [0.1, 0.15) is 5.82 Å². The molecule has 0 fully saturated rings. The molecule has 0 saturated carbocycles. The lowest BCUT2D eigenvalue weighted by Gasteiger charge is -2.02. The van der Waals surface area contributed by atoms with Crippen LogP contribution in [0.5, 0.6) is 0 Å². The quantitative estimate of drug-likeness (QED) is 0.146. The van der Waals surface area contributed by atoms with E-state index in [0.29, 0.717) is 11.1 Å². The largest absolute Gasteiger partial charge is 0.206 e. The summed E-state index contributed by atoms with van der Waals surface area (Å²) in [7, 11) is 0. The van der Waals surface area contributed by atoms with E-state index in [1.54, 1.807) is 6.07 Å². The molecular weight excluding hydrogens is 475 g/mol. The lowest BCUT2D eigenvalue weighted by molar-refractivity contribution is 0.607. The Kier molecular flexibility index (Phi) is 14.0. The molecule has 0 aliphatic heterocycles. The molecule has 0 nitrogen and oxygen atoms in total. The molecule has 0 unspecified atom stereocenters. The number of benzene rings is 3. The first-order valence-corrected chi connectivity index (χ1v) is 15.2. The molecule has 3 aromatic rings. The third kappa shape index (κ3) is 12.0. The van der Waals surface area contributed by atoms with Crippen molar-refractivity contribution in [2.24, 2.45) is 0 Å². The first kappa shape index (κ1) is 30.3. The standard InChI is InChI=1S/C38H45F/c1-3-5-7-9-11-13-15-32-17-21-34(22-18-32)25-26-36-28-30-37(38(39)31-36)29-27-35-23-19-33(20-24-35)16-14-12-10-8-6-4-2/h17-24,28,30-31H,3-16H2,1-2H3. The van der Waals surface area contributed by atoms with Crippen molar-refractivity contribution >= 4 is 0 Å². The fraction of sp³-hybridized carbons (Fsp3) is 0.421. The molecule has 1 heteroatoms. The van der Waals surface area contributed by atoms with Crippen LogP contribution in [0.15, 0.2) is 66.7 Å². The molecule has 3 aromatic carbocycles. The molecule has 0 radical (unpaired) electrons. The topological polar surface area (TPSA) is 0 Å². The van der Waals surface area contributed by atoms with Crippen LogP contribution in [0, 0.1) is 29.5 Å². The Bertz CT molecular complexity index is 1230. The number of unbranched alkanes of at least 4 members (excludes halogenated alkanes) is 10. The summed E-state index contributed by atoms with van der Waals surface area (Å²) < 4.78 is 14.7. The molecule has 0 atom stereocenters. The molecule has 0 spiro atoms. The zero-order valence-electron chi connectivity index (χ0n) is 24.1. The van der Waals surface area contributed by atoms with Gasteiger partial charge in [-0.05, 0) is 79.3 Å². The summed E-state index contributed by atoms with van der Waals surface area (Å²) >= 11 is 0. The van der Waals surface area contributed by atoms with E-state index in [4.69, 9.17) is 0 Å². The number of rotatable bonds is 14. The molecule has 39 heavy (non-hydrogen) atoms. The summed E-state index contributed by atoms with van der Waals surface area (Å²) in [6.45, 7) is 4.50. The van der Waals surface area contributed by atoms with Crippen molar-refractivity contribution in [3.8, 4) is 23.7 Å². The van der Waals surface area contributed by atoms with Crippen LogP contribution in [-0.2, 0) is 12.8 Å². The van der Waals surface area contributed by atoms with Crippen LogP contribution in [-0.4, -0.2) is 0 Å². The predicted molar refractivity (Wildman–Crippen MR) is 165 cm³/mol. The summed E-state index contributed by atoms with van der Waals surface area (Å²) in [5.41, 5.74) is 5.62. The molecule has 0 bridgehead atoms. The second-order valence-corrected chi connectivity index (χ2v) is 10.6. The van der Waals surface area contributed by atoms with Crippen molar-refractivity contribution in [1.82, 2.24) is 0 Å². The molecule has 0 aliphatic rings. The lowest BCUT2D eigenvalue weighted by atomic mass is 10.0. The first-order valence-electron chi connectivity index (χ1n) is 15.2. The van der Waals surface area contributed by atoms with Gasteiger partial charge in [0.25, 0.3) is 0 Å². The normalized spacial score (nSPS) is 10.4. The minimum absolute atomic E-state index is 0.330. The second-order valence-electron chi connectivity index (χ2n) is 10.6. The number of halogens is 1. The first-order chi connectivity index (χ1) is 19.2. The number of hydrogen-bond acceptors (Lipinski definition) is 0. The number of hydrogen-bond donors (Lipinski definition) is 0. The van der Waals surface area contributed by atoms with Gasteiger partial charge in [-0.3, -0.25) is 0 Å². The monoisotopic (exact) mass is 520 g/mol. The van der Waals surface area contributed by atoms with E-state index in [2.05, 4.69) is 73.9 Å². The van der Waals surface area contributed by atoms with Crippen LogP contribution in [0.2, 0.25) is 0 Å². The van der Waals surface area contributed by atoms with Gasteiger partial charge in [-0.25, -0.2) is 4.39 Å². The van der Waals surface area contributed by atoms with Crippen LogP contribution in [0.25, 0.3) is 0 Å². The van der Waals surface area contributed by atoms with E-state index in [-0.39, 0.29) is 5.82 Å². The van der Waals surface area contributed by atoms with Crippen molar-refractivity contribution in [3.63, 3.8) is 0 Å². The molecule has 0 heterocycles. The van der Waals surface area contributed by atoms with Gasteiger partial charge in [0.15, 0.2) is 0 Å². The predicted octanol–water partition coefficient (Wildman–Crippen LogP) is 10.4. The van der Waals surface area contributed by atoms with Gasteiger partial charge in [-0.2, -0.15) is 0 Å². The molecule has 204 valence electrons. The molecule has 3 rings (SSSR count). The van der Waals surface area contributed by atoms with E-state index in [9.17, 15) is 4.39 Å². The molecule has 0 aromatic heterocycles. The fourth-order valence-corrected chi connectivity index (χ4v) is 4.71. The second kappa shape index (κ2) is 18.1. The van der Waals surface area contributed by atoms with Crippen LogP contribution in [0.4, 0.5) is 4.39 Å². The Morgan fingerprint density at radius 3 is 1.36 bits per heavy atom. The van der Waals surface area contributed by atoms with Crippen molar-refractivity contribution in [3.05, 3.63) is 106 Å². The Morgan fingerprint density at radius 2 is 0.872 bits per heavy atom. The van der Waals surface area contributed by atoms with Crippen LogP contribution in [0.1, 0.15) is 124 Å². The van der Waals surface area contributed by atoms with Crippen LogP contribution in [0.3, 0.4) is 0 Å². The maximum absolute atomic E-state index is 14.7. The number of aryl methyl sites for hydroxylation is 2. The molecule has 0 amide bonds. The Labute approximate surface area is 237 Å². The molecule has 0 saturated heterocycles. The fourth-order valence-electron chi connectivity index (χ4n) is 4.71. The van der Waals surface area contributed by atoms with Gasteiger partial charge in [-0.1, -0.05) is 126 Å². The lowest BCUT2D eigenvalue weighted by Crippen LogP contribution is -1.88. The molecule has 0 aliphatic carbocycles. The highest BCUT2D eigenvalue weighted by atomic mass is 19.1. The SMILES string of the molecule is CCCCCCCCc1ccc(C#Cc2ccc(C#Cc3ccc(CCCCCCCC)cc3)c(F)c2)cc1. The highest BCUT2D eigenvalue weighted by Gasteiger charge is 2.01. The summed E-state index contributed by atoms with van der Waals surface area (Å²) in [6, 6.07) is 21.9. The Hall–Kier alpha value is -3.29. The van der Waals surface area contributed by atoms with Gasteiger partial charge in [-0.15, -0.1) is 0 Å². The van der Waals surface area contributed by atoms with E-state index in [0.717, 1.165) is 24.0 Å². The zero-order valence-corrected chi connectivity index (χ0v) is 24.1. The summed E-state index contributed by atoms with van der Waals surface area (Å²) in [5.74, 6) is 12.0. The van der Waals surface area contributed by atoms with E-state index in [1.807, 2.05) is 18.2 Å². The highest BCUT2D eigenvalue weighted by Crippen LogP contribution is 2.14. The summed E-state index contributed by atoms with van der Waals surface area (Å²) in [6.07, 6.45) is 18.0. The zero-order chi connectivity index (χ0) is 27.5. The van der Waals surface area contributed by atoms with Crippen molar-refractivity contribution in [1.29, 1.82) is 0 Å². The van der Waals surface area contributed by atoms with Crippen LogP contribution >= 0.6 is 0 Å². The van der Waals surface area contributed by atoms with Crippen LogP contribution < -0.4 is 0 Å². The Balaban J connectivity index is 1.48. The maximum atomic E-state index is 14.7. The van der Waals surface area contributed by atoms with Crippen molar-refractivity contribution in [2.45, 2.75) is 104 Å². The van der Waals surface area contributed by atoms with Crippen molar-refractivity contribution < 1.29 is 4.39 Å². The molecule has 0 N–H and O–H groups in total. The van der Waals surface area contributed by atoms with E-state index >= 15 is 0 Å². The third-order valence-electron chi connectivity index (χ3n) is 7.21.